The van der Waals surface area contributed by atoms with Crippen molar-refractivity contribution in [1.29, 1.82) is 0 Å². The van der Waals surface area contributed by atoms with E-state index in [2.05, 4.69) is 31.2 Å². The summed E-state index contributed by atoms with van der Waals surface area (Å²) in [4.78, 5) is 20.3. The van der Waals surface area contributed by atoms with Crippen molar-refractivity contribution < 1.29 is 14.3 Å². The van der Waals surface area contributed by atoms with Crippen molar-refractivity contribution in [2.45, 2.75) is 6.92 Å². The highest BCUT2D eigenvalue weighted by atomic mass is 79.9. The number of hydrogen-bond donors (Lipinski definition) is 1. The van der Waals surface area contributed by atoms with Crippen molar-refractivity contribution in [3.05, 3.63) is 39.9 Å². The molecule has 1 aromatic carbocycles. The number of carbonyl (C=O) groups excluding carboxylic acids is 1. The molecule has 0 saturated heterocycles. The van der Waals surface area contributed by atoms with Gasteiger partial charge in [-0.05, 0) is 40.5 Å². The number of hydrogen-bond acceptors (Lipinski definition) is 5. The molecule has 0 aliphatic rings. The average Bonchev–Trinajstić information content (AvgIpc) is 2.46. The van der Waals surface area contributed by atoms with Gasteiger partial charge >= 0.3 is 0 Å². The van der Waals surface area contributed by atoms with Crippen LogP contribution in [0.5, 0.6) is 11.8 Å². The quantitative estimate of drug-likeness (QED) is 0.916. The third-order valence-electron chi connectivity index (χ3n) is 2.69. The molecule has 21 heavy (non-hydrogen) atoms. The van der Waals surface area contributed by atoms with Crippen LogP contribution >= 0.6 is 15.9 Å². The number of benzene rings is 1. The Balaban J connectivity index is 2.26. The van der Waals surface area contributed by atoms with E-state index in [4.69, 9.17) is 9.47 Å². The second-order valence-electron chi connectivity index (χ2n) is 4.21. The molecule has 0 radical (unpaired) electrons. The molecule has 6 nitrogen and oxygen atoms in total. The first-order valence-corrected chi connectivity index (χ1v) is 6.87. The SMILES string of the molecule is COc1cc(OC)nc(NC(=O)c2ccc(C)cc2Br)n1. The van der Waals surface area contributed by atoms with Crippen molar-refractivity contribution in [3.8, 4) is 11.8 Å². The van der Waals surface area contributed by atoms with Crippen LogP contribution in [0.1, 0.15) is 15.9 Å². The van der Waals surface area contributed by atoms with Crippen LogP contribution < -0.4 is 14.8 Å². The Morgan fingerprint density at radius 2 is 1.76 bits per heavy atom. The van der Waals surface area contributed by atoms with E-state index in [0.717, 1.165) is 5.56 Å². The first-order chi connectivity index (χ1) is 10.0. The molecule has 0 fully saturated rings. The maximum Gasteiger partial charge on any atom is 0.259 e. The number of nitrogens with zero attached hydrogens (tertiary/aromatic N) is 2. The van der Waals surface area contributed by atoms with Crippen molar-refractivity contribution in [2.75, 3.05) is 19.5 Å². The molecule has 0 saturated carbocycles. The van der Waals surface area contributed by atoms with Gasteiger partial charge in [-0.15, -0.1) is 0 Å². The van der Waals surface area contributed by atoms with Crippen LogP contribution in [0.3, 0.4) is 0 Å². The molecule has 110 valence electrons. The van der Waals surface area contributed by atoms with Crippen molar-refractivity contribution in [1.82, 2.24) is 9.97 Å². The molecule has 7 heteroatoms. The molecule has 1 aromatic heterocycles. The number of halogens is 1. The Morgan fingerprint density at radius 3 is 2.29 bits per heavy atom. The Kier molecular flexibility index (Phi) is 4.74. The number of aryl methyl sites for hydroxylation is 1. The second-order valence-corrected chi connectivity index (χ2v) is 5.07. The van der Waals surface area contributed by atoms with Crippen LogP contribution in [-0.4, -0.2) is 30.1 Å². The minimum atomic E-state index is -0.322. The van der Waals surface area contributed by atoms with Gasteiger partial charge in [0.15, 0.2) is 0 Å². The van der Waals surface area contributed by atoms with Crippen LogP contribution in [0.25, 0.3) is 0 Å². The zero-order valence-corrected chi connectivity index (χ0v) is 13.4. The number of carbonyl (C=O) groups is 1. The van der Waals surface area contributed by atoms with Gasteiger partial charge < -0.3 is 9.47 Å². The highest BCUT2D eigenvalue weighted by Gasteiger charge is 2.13. The standard InChI is InChI=1S/C14H14BrN3O3/c1-8-4-5-9(10(15)6-8)13(19)18-14-16-11(20-2)7-12(17-14)21-3/h4-7H,1-3H3,(H,16,17,18,19). The van der Waals surface area contributed by atoms with Gasteiger partial charge in [-0.3, -0.25) is 10.1 Å². The first kappa shape index (κ1) is 15.2. The van der Waals surface area contributed by atoms with Gasteiger partial charge in [-0.2, -0.15) is 9.97 Å². The number of nitrogens with one attached hydrogen (secondary N) is 1. The Labute approximate surface area is 130 Å². The number of rotatable bonds is 4. The fraction of sp³-hybridized carbons (Fsp3) is 0.214. The third kappa shape index (κ3) is 3.69. The maximum absolute atomic E-state index is 12.2. The lowest BCUT2D eigenvalue weighted by Gasteiger charge is -2.08. The second kappa shape index (κ2) is 6.53. The summed E-state index contributed by atoms with van der Waals surface area (Å²) in [6.45, 7) is 1.95. The lowest BCUT2D eigenvalue weighted by atomic mass is 10.1. The van der Waals surface area contributed by atoms with E-state index in [1.807, 2.05) is 19.1 Å². The highest BCUT2D eigenvalue weighted by Crippen LogP contribution is 2.21. The molecule has 0 aliphatic carbocycles. The molecule has 0 bridgehead atoms. The van der Waals surface area contributed by atoms with E-state index >= 15 is 0 Å². The Morgan fingerprint density at radius 1 is 1.14 bits per heavy atom. The molecule has 2 aromatic rings. The number of ether oxygens (including phenoxy) is 2. The van der Waals surface area contributed by atoms with Crippen molar-refractivity contribution in [2.24, 2.45) is 0 Å². The van der Waals surface area contributed by atoms with Gasteiger partial charge in [0, 0.05) is 4.47 Å². The summed E-state index contributed by atoms with van der Waals surface area (Å²) < 4.78 is 10.8. The summed E-state index contributed by atoms with van der Waals surface area (Å²) in [6.07, 6.45) is 0. The van der Waals surface area contributed by atoms with E-state index in [9.17, 15) is 4.79 Å². The minimum Gasteiger partial charge on any atom is -0.481 e. The van der Waals surface area contributed by atoms with Crippen LogP contribution in [0.4, 0.5) is 5.95 Å². The largest absolute Gasteiger partial charge is 0.481 e. The monoisotopic (exact) mass is 351 g/mol. The molecular formula is C14H14BrN3O3. The predicted octanol–water partition coefficient (Wildman–Crippen LogP) is 2.82. The number of methoxy groups -OCH3 is 2. The average molecular weight is 352 g/mol. The zero-order chi connectivity index (χ0) is 15.4. The summed E-state index contributed by atoms with van der Waals surface area (Å²) in [7, 11) is 2.95. The van der Waals surface area contributed by atoms with Gasteiger partial charge in [0.05, 0.1) is 25.8 Å². The maximum atomic E-state index is 12.2. The lowest BCUT2D eigenvalue weighted by molar-refractivity contribution is 0.102. The summed E-state index contributed by atoms with van der Waals surface area (Å²) in [5.74, 6) is 0.404. The van der Waals surface area contributed by atoms with Crippen LogP contribution in [0.2, 0.25) is 0 Å². The molecule has 0 spiro atoms. The lowest BCUT2D eigenvalue weighted by Crippen LogP contribution is -2.15. The van der Waals surface area contributed by atoms with Gasteiger partial charge in [0.1, 0.15) is 0 Å². The molecule has 0 atom stereocenters. The van der Waals surface area contributed by atoms with Crippen molar-refractivity contribution >= 4 is 27.8 Å². The van der Waals surface area contributed by atoms with Gasteiger partial charge in [0.25, 0.3) is 5.91 Å². The third-order valence-corrected chi connectivity index (χ3v) is 3.35. The van der Waals surface area contributed by atoms with Gasteiger partial charge in [0.2, 0.25) is 17.7 Å². The molecule has 1 amide bonds. The predicted molar refractivity (Wildman–Crippen MR) is 82.0 cm³/mol. The number of anilines is 1. The smallest absolute Gasteiger partial charge is 0.259 e. The Hall–Kier alpha value is -2.15. The van der Waals surface area contributed by atoms with Gasteiger partial charge in [-0.1, -0.05) is 6.07 Å². The van der Waals surface area contributed by atoms with Crippen LogP contribution in [0.15, 0.2) is 28.7 Å². The first-order valence-electron chi connectivity index (χ1n) is 6.08. The molecule has 1 heterocycles. The topological polar surface area (TPSA) is 73.3 Å². The highest BCUT2D eigenvalue weighted by molar-refractivity contribution is 9.10. The van der Waals surface area contributed by atoms with E-state index in [1.165, 1.54) is 20.3 Å². The van der Waals surface area contributed by atoms with E-state index in [0.29, 0.717) is 21.8 Å². The summed E-state index contributed by atoms with van der Waals surface area (Å²) in [6, 6.07) is 6.97. The summed E-state index contributed by atoms with van der Waals surface area (Å²) in [5, 5.41) is 2.62. The normalized spacial score (nSPS) is 10.1. The van der Waals surface area contributed by atoms with Crippen LogP contribution in [0, 0.1) is 6.92 Å². The summed E-state index contributed by atoms with van der Waals surface area (Å²) >= 11 is 3.37. The summed E-state index contributed by atoms with van der Waals surface area (Å²) in [5.41, 5.74) is 1.55. The molecule has 1 N–H and O–H groups in total. The Bertz CT molecular complexity index is 654. The van der Waals surface area contributed by atoms with E-state index < -0.39 is 0 Å². The van der Waals surface area contributed by atoms with E-state index in [-0.39, 0.29) is 11.9 Å². The number of amides is 1. The minimum absolute atomic E-state index is 0.115. The fourth-order valence-corrected chi connectivity index (χ4v) is 2.32. The van der Waals surface area contributed by atoms with Crippen molar-refractivity contribution in [3.63, 3.8) is 0 Å². The molecule has 0 unspecified atom stereocenters. The zero-order valence-electron chi connectivity index (χ0n) is 11.8. The molecule has 2 rings (SSSR count). The van der Waals surface area contributed by atoms with Gasteiger partial charge in [-0.25, -0.2) is 0 Å². The molecule has 0 aliphatic heterocycles. The molecular weight excluding hydrogens is 338 g/mol. The van der Waals surface area contributed by atoms with Crippen LogP contribution in [-0.2, 0) is 0 Å². The van der Waals surface area contributed by atoms with E-state index in [1.54, 1.807) is 6.07 Å². The number of aromatic nitrogens is 2. The fourth-order valence-electron chi connectivity index (χ4n) is 1.64.